The minimum absolute atomic E-state index is 0.186. The number of hydrogen-bond donors (Lipinski definition) is 2. The summed E-state index contributed by atoms with van der Waals surface area (Å²) >= 11 is 0. The highest BCUT2D eigenvalue weighted by Gasteiger charge is 2.21. The van der Waals surface area contributed by atoms with Crippen LogP contribution in [0.25, 0.3) is 11.4 Å². The molecule has 1 aliphatic heterocycles. The van der Waals surface area contributed by atoms with E-state index in [4.69, 9.17) is 0 Å². The molecule has 5 rings (SSSR count). The van der Waals surface area contributed by atoms with Crippen molar-refractivity contribution in [3.05, 3.63) is 101 Å². The molecule has 9 heteroatoms. The van der Waals surface area contributed by atoms with E-state index in [1.807, 2.05) is 42.5 Å². The summed E-state index contributed by atoms with van der Waals surface area (Å²) in [5.41, 5.74) is 5.47. The van der Waals surface area contributed by atoms with E-state index < -0.39 is 9.84 Å². The predicted molar refractivity (Wildman–Crippen MR) is 144 cm³/mol. The number of anilines is 1. The molecule has 0 saturated carbocycles. The quantitative estimate of drug-likeness (QED) is 0.387. The van der Waals surface area contributed by atoms with Gasteiger partial charge in [-0.25, -0.2) is 13.4 Å². The van der Waals surface area contributed by atoms with Gasteiger partial charge in [0.2, 0.25) is 0 Å². The van der Waals surface area contributed by atoms with Crippen LogP contribution >= 0.6 is 0 Å². The van der Waals surface area contributed by atoms with E-state index in [-0.39, 0.29) is 17.4 Å². The zero-order valence-electron chi connectivity index (χ0n) is 20.6. The van der Waals surface area contributed by atoms with E-state index in [0.29, 0.717) is 43.1 Å². The number of carbonyl (C=O) groups is 1. The van der Waals surface area contributed by atoms with E-state index in [1.54, 1.807) is 6.07 Å². The second-order valence-electron chi connectivity index (χ2n) is 9.42. The minimum atomic E-state index is -2.91. The number of aromatic nitrogens is 3. The van der Waals surface area contributed by atoms with Gasteiger partial charge in [0.1, 0.15) is 0 Å². The van der Waals surface area contributed by atoms with Crippen molar-refractivity contribution in [2.75, 3.05) is 29.9 Å². The largest absolute Gasteiger partial charge is 0.322 e. The van der Waals surface area contributed by atoms with Crippen LogP contribution < -0.4 is 5.32 Å². The maximum Gasteiger partial charge on any atom is 0.255 e. The number of rotatable bonds is 7. The molecule has 3 aromatic carbocycles. The van der Waals surface area contributed by atoms with Gasteiger partial charge in [-0.3, -0.25) is 14.8 Å². The van der Waals surface area contributed by atoms with Crippen molar-refractivity contribution in [1.29, 1.82) is 0 Å². The molecule has 1 fully saturated rings. The molecular formula is C28H29N5O3S. The van der Waals surface area contributed by atoms with Gasteiger partial charge in [0.25, 0.3) is 5.91 Å². The third kappa shape index (κ3) is 6.49. The third-order valence-corrected chi connectivity index (χ3v) is 8.07. The van der Waals surface area contributed by atoms with Gasteiger partial charge in [0, 0.05) is 42.9 Å². The van der Waals surface area contributed by atoms with Crippen LogP contribution in [0.5, 0.6) is 0 Å². The third-order valence-electron chi connectivity index (χ3n) is 6.46. The molecule has 1 aromatic heterocycles. The highest BCUT2D eigenvalue weighted by molar-refractivity contribution is 7.91. The van der Waals surface area contributed by atoms with Crippen LogP contribution in [0.3, 0.4) is 0 Å². The summed E-state index contributed by atoms with van der Waals surface area (Å²) in [6, 6.07) is 23.2. The molecule has 8 nitrogen and oxygen atoms in total. The van der Waals surface area contributed by atoms with Crippen LogP contribution in [0.2, 0.25) is 0 Å². The minimum Gasteiger partial charge on any atom is -0.322 e. The van der Waals surface area contributed by atoms with Gasteiger partial charge in [-0.05, 0) is 54.4 Å². The van der Waals surface area contributed by atoms with Gasteiger partial charge in [-0.2, -0.15) is 5.10 Å². The number of nitrogens with one attached hydrogen (secondary N) is 2. The van der Waals surface area contributed by atoms with E-state index in [0.717, 1.165) is 22.5 Å². The molecule has 0 spiro atoms. The Hall–Kier alpha value is -3.82. The molecule has 0 unspecified atom stereocenters. The van der Waals surface area contributed by atoms with Gasteiger partial charge in [0.05, 0.1) is 11.5 Å². The fourth-order valence-electron chi connectivity index (χ4n) is 4.29. The molecule has 0 aliphatic carbocycles. The van der Waals surface area contributed by atoms with Crippen LogP contribution in [-0.2, 0) is 22.8 Å². The molecule has 4 aromatic rings. The van der Waals surface area contributed by atoms with E-state index in [2.05, 4.69) is 56.6 Å². The number of H-pyrrole nitrogens is 1. The van der Waals surface area contributed by atoms with Crippen molar-refractivity contribution in [3.8, 4) is 11.4 Å². The molecule has 0 bridgehead atoms. The van der Waals surface area contributed by atoms with Gasteiger partial charge < -0.3 is 5.32 Å². The lowest BCUT2D eigenvalue weighted by molar-refractivity contribution is 0.102. The average Bonchev–Trinajstić information content (AvgIpc) is 3.36. The summed E-state index contributed by atoms with van der Waals surface area (Å²) in [6.45, 7) is 3.72. The van der Waals surface area contributed by atoms with Crippen molar-refractivity contribution in [2.45, 2.75) is 19.9 Å². The smallest absolute Gasteiger partial charge is 0.255 e. The molecule has 0 radical (unpaired) electrons. The number of nitrogens with zero attached hydrogens (tertiary/aromatic N) is 3. The molecule has 37 heavy (non-hydrogen) atoms. The Bertz CT molecular complexity index is 1480. The monoisotopic (exact) mass is 515 g/mol. The summed E-state index contributed by atoms with van der Waals surface area (Å²) in [6.07, 6.45) is 0.654. The van der Waals surface area contributed by atoms with Crippen molar-refractivity contribution >= 4 is 21.4 Å². The molecule has 2 heterocycles. The summed E-state index contributed by atoms with van der Waals surface area (Å²) < 4.78 is 23.3. The topological polar surface area (TPSA) is 108 Å². The second kappa shape index (κ2) is 10.7. The van der Waals surface area contributed by atoms with Crippen LogP contribution in [0, 0.1) is 6.92 Å². The Labute approximate surface area is 216 Å². The van der Waals surface area contributed by atoms with Gasteiger partial charge in [0.15, 0.2) is 21.5 Å². The summed E-state index contributed by atoms with van der Waals surface area (Å²) in [5, 5.41) is 10.3. The average molecular weight is 516 g/mol. The Morgan fingerprint density at radius 2 is 1.70 bits per heavy atom. The lowest BCUT2D eigenvalue weighted by Crippen LogP contribution is -2.39. The first-order valence-electron chi connectivity index (χ1n) is 12.2. The summed E-state index contributed by atoms with van der Waals surface area (Å²) in [7, 11) is -2.91. The number of hydrogen-bond acceptors (Lipinski definition) is 6. The highest BCUT2D eigenvalue weighted by Crippen LogP contribution is 2.20. The first-order valence-corrected chi connectivity index (χ1v) is 14.1. The maximum atomic E-state index is 12.9. The van der Waals surface area contributed by atoms with E-state index >= 15 is 0 Å². The molecule has 2 N–H and O–H groups in total. The molecule has 1 amide bonds. The number of aromatic amines is 1. The van der Waals surface area contributed by atoms with Crippen molar-refractivity contribution < 1.29 is 13.2 Å². The Morgan fingerprint density at radius 3 is 2.43 bits per heavy atom. The van der Waals surface area contributed by atoms with Crippen molar-refractivity contribution in [3.63, 3.8) is 0 Å². The van der Waals surface area contributed by atoms with Crippen LogP contribution in [0.4, 0.5) is 5.69 Å². The van der Waals surface area contributed by atoms with Gasteiger partial charge in [-0.15, -0.1) is 0 Å². The number of benzene rings is 3. The van der Waals surface area contributed by atoms with E-state index in [9.17, 15) is 13.2 Å². The van der Waals surface area contributed by atoms with Gasteiger partial charge in [-0.1, -0.05) is 42.0 Å². The van der Waals surface area contributed by atoms with Crippen LogP contribution in [0.15, 0.2) is 72.8 Å². The SMILES string of the molecule is Cc1ccc(Cc2n[nH]c(-c3ccc(NC(=O)c4cccc(CN5CCS(=O)(=O)CC5)c4)cc3)n2)cc1. The fourth-order valence-corrected chi connectivity index (χ4v) is 5.56. The van der Waals surface area contributed by atoms with Crippen molar-refractivity contribution in [2.24, 2.45) is 0 Å². The molecular weight excluding hydrogens is 486 g/mol. The highest BCUT2D eigenvalue weighted by atomic mass is 32.2. The fraction of sp³-hybridized carbons (Fsp3) is 0.250. The van der Waals surface area contributed by atoms with Gasteiger partial charge >= 0.3 is 0 Å². The Balaban J connectivity index is 1.19. The standard InChI is InChI=1S/C28H29N5O3S/c1-20-5-7-21(8-6-20)18-26-30-27(32-31-26)23-9-11-25(12-10-23)29-28(34)24-4-2-3-22(17-24)19-33-13-15-37(35,36)16-14-33/h2-12,17H,13-16,18-19H2,1H3,(H,29,34)(H,30,31,32). The summed E-state index contributed by atoms with van der Waals surface area (Å²) in [4.78, 5) is 19.6. The number of aryl methyl sites for hydroxylation is 1. The molecule has 0 atom stereocenters. The molecule has 1 aliphatic rings. The molecule has 190 valence electrons. The first kappa shape index (κ1) is 24.9. The zero-order valence-corrected chi connectivity index (χ0v) is 21.5. The summed E-state index contributed by atoms with van der Waals surface area (Å²) in [5.74, 6) is 1.58. The van der Waals surface area contributed by atoms with Crippen LogP contribution in [-0.4, -0.2) is 59.0 Å². The Morgan fingerprint density at radius 1 is 0.973 bits per heavy atom. The van der Waals surface area contributed by atoms with E-state index in [1.165, 1.54) is 5.56 Å². The normalized spacial score (nSPS) is 15.4. The Kier molecular flexibility index (Phi) is 7.16. The second-order valence-corrected chi connectivity index (χ2v) is 11.7. The number of amides is 1. The number of sulfone groups is 1. The lowest BCUT2D eigenvalue weighted by Gasteiger charge is -2.26. The van der Waals surface area contributed by atoms with Crippen molar-refractivity contribution in [1.82, 2.24) is 20.1 Å². The number of carbonyl (C=O) groups excluding carboxylic acids is 1. The maximum absolute atomic E-state index is 12.9. The molecule has 1 saturated heterocycles. The van der Waals surface area contributed by atoms with Crippen LogP contribution in [0.1, 0.15) is 32.9 Å². The zero-order chi connectivity index (χ0) is 25.8. The predicted octanol–water partition coefficient (Wildman–Crippen LogP) is 3.85. The lowest BCUT2D eigenvalue weighted by atomic mass is 10.1. The first-order chi connectivity index (χ1) is 17.8.